The van der Waals surface area contributed by atoms with Crippen LogP contribution < -0.4 is 0 Å². The summed E-state index contributed by atoms with van der Waals surface area (Å²) in [5, 5.41) is 11.4. The van der Waals surface area contributed by atoms with Crippen molar-refractivity contribution in [2.75, 3.05) is 6.54 Å². The third-order valence-corrected chi connectivity index (χ3v) is 3.57. The molecule has 2 rings (SSSR count). The summed E-state index contributed by atoms with van der Waals surface area (Å²) < 4.78 is 0. The lowest BCUT2D eigenvalue weighted by atomic mass is 10.1. The van der Waals surface area contributed by atoms with Crippen molar-refractivity contribution < 1.29 is 5.11 Å². The molecule has 108 valence electrons. The molecular weight excluding hydrogens is 272 g/mol. The predicted molar refractivity (Wildman–Crippen MR) is 84.0 cm³/mol. The summed E-state index contributed by atoms with van der Waals surface area (Å²) in [6.45, 7) is 7.43. The number of aromatic nitrogens is 1. The van der Waals surface area contributed by atoms with Crippen LogP contribution in [0.2, 0.25) is 5.02 Å². The maximum absolute atomic E-state index is 9.63. The molecule has 0 aliphatic rings. The molecule has 1 N–H and O–H groups in total. The molecule has 1 heterocycles. The molecule has 2 aromatic rings. The van der Waals surface area contributed by atoms with Crippen LogP contribution in [0.4, 0.5) is 0 Å². The Morgan fingerprint density at radius 3 is 2.70 bits per heavy atom. The van der Waals surface area contributed by atoms with Gasteiger partial charge >= 0.3 is 0 Å². The van der Waals surface area contributed by atoms with E-state index in [4.69, 9.17) is 11.6 Å². The molecule has 0 aliphatic heterocycles. The maximum atomic E-state index is 9.63. The number of nitrogens with zero attached hydrogens (tertiary/aromatic N) is 2. The van der Waals surface area contributed by atoms with Crippen LogP contribution in [-0.2, 0) is 6.54 Å². The highest BCUT2D eigenvalue weighted by molar-refractivity contribution is 6.31. The number of halogens is 1. The van der Waals surface area contributed by atoms with Gasteiger partial charge in [-0.2, -0.15) is 0 Å². The molecule has 1 atom stereocenters. The van der Waals surface area contributed by atoms with Gasteiger partial charge in [0, 0.05) is 35.7 Å². The molecule has 1 unspecified atom stereocenters. The molecule has 20 heavy (non-hydrogen) atoms. The molecular formula is C16H21ClN2O. The van der Waals surface area contributed by atoms with Gasteiger partial charge in [0.15, 0.2) is 0 Å². The van der Waals surface area contributed by atoms with Gasteiger partial charge in [0.05, 0.1) is 11.6 Å². The maximum Gasteiger partial charge on any atom is 0.0747 e. The number of rotatable bonds is 5. The largest absolute Gasteiger partial charge is 0.392 e. The van der Waals surface area contributed by atoms with Gasteiger partial charge in [-0.15, -0.1) is 0 Å². The fourth-order valence-corrected chi connectivity index (χ4v) is 2.61. The van der Waals surface area contributed by atoms with Gasteiger partial charge in [-0.05, 0) is 44.5 Å². The highest BCUT2D eigenvalue weighted by Crippen LogP contribution is 2.24. The molecule has 1 aromatic carbocycles. The van der Waals surface area contributed by atoms with Crippen molar-refractivity contribution in [2.24, 2.45) is 0 Å². The number of hydrogen-bond donors (Lipinski definition) is 1. The predicted octanol–water partition coefficient (Wildman–Crippen LogP) is 3.48. The molecule has 0 radical (unpaired) electrons. The Balaban J connectivity index is 2.36. The van der Waals surface area contributed by atoms with Crippen LogP contribution in [0.3, 0.4) is 0 Å². The van der Waals surface area contributed by atoms with E-state index < -0.39 is 0 Å². The molecule has 0 spiro atoms. The minimum Gasteiger partial charge on any atom is -0.392 e. The Morgan fingerprint density at radius 1 is 1.30 bits per heavy atom. The first-order valence-corrected chi connectivity index (χ1v) is 7.30. The number of benzene rings is 1. The molecule has 0 amide bonds. The van der Waals surface area contributed by atoms with Crippen LogP contribution in [0.5, 0.6) is 0 Å². The van der Waals surface area contributed by atoms with Crippen LogP contribution in [0.25, 0.3) is 10.9 Å². The van der Waals surface area contributed by atoms with E-state index in [0.717, 1.165) is 28.0 Å². The molecule has 0 aliphatic carbocycles. The number of fused-ring (bicyclic) bond motifs is 1. The van der Waals surface area contributed by atoms with Gasteiger partial charge in [-0.3, -0.25) is 9.88 Å². The molecule has 4 heteroatoms. The van der Waals surface area contributed by atoms with Crippen molar-refractivity contribution >= 4 is 22.5 Å². The summed E-state index contributed by atoms with van der Waals surface area (Å²) in [7, 11) is 0. The smallest absolute Gasteiger partial charge is 0.0747 e. The molecule has 0 fully saturated rings. The minimum atomic E-state index is -0.351. The van der Waals surface area contributed by atoms with Crippen molar-refractivity contribution in [3.05, 3.63) is 41.0 Å². The Bertz CT molecular complexity index is 584. The van der Waals surface area contributed by atoms with Crippen molar-refractivity contribution in [1.29, 1.82) is 0 Å². The number of aliphatic hydroxyl groups is 1. The second-order valence-corrected chi connectivity index (χ2v) is 5.95. The number of pyridine rings is 1. The fourth-order valence-electron chi connectivity index (χ4n) is 2.36. The molecule has 0 saturated carbocycles. The van der Waals surface area contributed by atoms with Crippen molar-refractivity contribution in [3.8, 4) is 0 Å². The second-order valence-electron chi connectivity index (χ2n) is 5.51. The quantitative estimate of drug-likeness (QED) is 0.916. The summed E-state index contributed by atoms with van der Waals surface area (Å²) >= 11 is 6.20. The van der Waals surface area contributed by atoms with Crippen LogP contribution in [0.1, 0.15) is 26.3 Å². The highest BCUT2D eigenvalue weighted by Gasteiger charge is 2.15. The third-order valence-electron chi connectivity index (χ3n) is 3.35. The molecule has 0 bridgehead atoms. The van der Waals surface area contributed by atoms with E-state index >= 15 is 0 Å². The van der Waals surface area contributed by atoms with Gasteiger partial charge in [0.2, 0.25) is 0 Å². The molecule has 3 nitrogen and oxygen atoms in total. The van der Waals surface area contributed by atoms with E-state index in [2.05, 4.69) is 23.7 Å². The SMILES string of the molecule is CC(O)CN(Cc1cc(Cl)cc2cccnc12)C(C)C. The zero-order valence-electron chi connectivity index (χ0n) is 12.2. The summed E-state index contributed by atoms with van der Waals surface area (Å²) in [5.41, 5.74) is 2.08. The van der Waals surface area contributed by atoms with Crippen molar-refractivity contribution in [1.82, 2.24) is 9.88 Å². The van der Waals surface area contributed by atoms with Crippen molar-refractivity contribution in [2.45, 2.75) is 39.5 Å². The van der Waals surface area contributed by atoms with Gasteiger partial charge in [-0.1, -0.05) is 17.7 Å². The number of aliphatic hydroxyl groups excluding tert-OH is 1. The van der Waals surface area contributed by atoms with Gasteiger partial charge < -0.3 is 5.11 Å². The molecule has 1 aromatic heterocycles. The van der Waals surface area contributed by atoms with E-state index in [1.165, 1.54) is 0 Å². The van der Waals surface area contributed by atoms with E-state index in [1.54, 1.807) is 6.20 Å². The normalized spacial score (nSPS) is 13.3. The van der Waals surface area contributed by atoms with Crippen molar-refractivity contribution in [3.63, 3.8) is 0 Å². The average Bonchev–Trinajstić information content (AvgIpc) is 2.37. The van der Waals surface area contributed by atoms with Gasteiger partial charge in [0.25, 0.3) is 0 Å². The van der Waals surface area contributed by atoms with E-state index in [1.807, 2.05) is 31.2 Å². The molecule has 0 saturated heterocycles. The Labute approximate surface area is 125 Å². The Kier molecular flexibility index (Phi) is 4.97. The summed E-state index contributed by atoms with van der Waals surface area (Å²) in [5.74, 6) is 0. The Morgan fingerprint density at radius 2 is 2.05 bits per heavy atom. The standard InChI is InChI=1S/C16H21ClN2O/c1-11(2)19(9-12(3)20)10-14-8-15(17)7-13-5-4-6-18-16(13)14/h4-8,11-12,20H,9-10H2,1-3H3. The first-order chi connectivity index (χ1) is 9.47. The van der Waals surface area contributed by atoms with Crippen LogP contribution in [-0.4, -0.2) is 33.7 Å². The van der Waals surface area contributed by atoms with Gasteiger partial charge in [-0.25, -0.2) is 0 Å². The number of hydrogen-bond acceptors (Lipinski definition) is 3. The zero-order chi connectivity index (χ0) is 14.7. The van der Waals surface area contributed by atoms with E-state index in [0.29, 0.717) is 12.6 Å². The summed E-state index contributed by atoms with van der Waals surface area (Å²) in [4.78, 5) is 6.69. The van der Waals surface area contributed by atoms with Crippen LogP contribution >= 0.6 is 11.6 Å². The third kappa shape index (κ3) is 3.69. The zero-order valence-corrected chi connectivity index (χ0v) is 12.9. The topological polar surface area (TPSA) is 36.4 Å². The van der Waals surface area contributed by atoms with Crippen LogP contribution in [0, 0.1) is 0 Å². The van der Waals surface area contributed by atoms with Gasteiger partial charge in [0.1, 0.15) is 0 Å². The van der Waals surface area contributed by atoms with E-state index in [9.17, 15) is 5.11 Å². The van der Waals surface area contributed by atoms with E-state index in [-0.39, 0.29) is 6.10 Å². The first-order valence-electron chi connectivity index (χ1n) is 6.92. The lowest BCUT2D eigenvalue weighted by Gasteiger charge is -2.28. The second kappa shape index (κ2) is 6.53. The lowest BCUT2D eigenvalue weighted by molar-refractivity contribution is 0.103. The highest BCUT2D eigenvalue weighted by atomic mass is 35.5. The summed E-state index contributed by atoms with van der Waals surface area (Å²) in [6.07, 6.45) is 1.45. The first kappa shape index (κ1) is 15.2. The average molecular weight is 293 g/mol. The minimum absolute atomic E-state index is 0.349. The van der Waals surface area contributed by atoms with Crippen LogP contribution in [0.15, 0.2) is 30.5 Å². The fraction of sp³-hybridized carbons (Fsp3) is 0.438. The monoisotopic (exact) mass is 292 g/mol. The lowest BCUT2D eigenvalue weighted by Crippen LogP contribution is -2.36. The Hall–Kier alpha value is -1.16. The summed E-state index contributed by atoms with van der Waals surface area (Å²) in [6, 6.07) is 8.18.